The number of para-hydroxylation sites is 1. The van der Waals surface area contributed by atoms with E-state index in [1.54, 1.807) is 23.2 Å². The van der Waals surface area contributed by atoms with E-state index in [1.807, 2.05) is 24.3 Å². The minimum Gasteiger partial charge on any atom is -0.459 e. The zero-order valence-electron chi connectivity index (χ0n) is 32.2. The molecule has 55 heavy (non-hydrogen) atoms. The number of allylic oxidation sites excluding steroid dienone is 2. The molecule has 0 spiro atoms. The summed E-state index contributed by atoms with van der Waals surface area (Å²) < 4.78 is 36.5. The first-order chi connectivity index (χ1) is 26.3. The second-order valence-electron chi connectivity index (χ2n) is 17.2. The van der Waals surface area contributed by atoms with Gasteiger partial charge in [0.15, 0.2) is 5.78 Å². The zero-order valence-corrected chi connectivity index (χ0v) is 33.8. The summed E-state index contributed by atoms with van der Waals surface area (Å²) in [7, 11) is -3.90. The van der Waals surface area contributed by atoms with Crippen LogP contribution in [-0.2, 0) is 24.4 Å². The number of ketones is 1. The Morgan fingerprint density at radius 1 is 1.07 bits per heavy atom. The normalized spacial score (nSPS) is 29.4. The Balaban J connectivity index is 1.08. The van der Waals surface area contributed by atoms with Crippen LogP contribution in [0.3, 0.4) is 0 Å². The van der Waals surface area contributed by atoms with Crippen molar-refractivity contribution in [3.05, 3.63) is 41.4 Å². The number of aromatic nitrogens is 3. The third-order valence-corrected chi connectivity index (χ3v) is 16.0. The molecule has 8 rings (SSSR count). The number of amides is 2. The number of nitrogens with one attached hydrogen (secondary N) is 1. The standard InChI is InChI=1S/C41H54N6O6S2/c1-25(2)47-32-17-11-15-29(36-43-31(24-54-36)26-12-9-10-13-26)35(32)44-39(47)53-28-20-33-34(48)22-41(38(50)45-55(51,52)40(3)18-19-40)21-27(41)14-7-5-4-6-8-16-30(42)37(49)46(33)23-28/h7,11,14-15,17,24-28,30,33H,4-6,8-10,12-13,16,18-23,42H2,1-3H3,(H,45,50)/b14-7-/t27-,28+,30-,33-,41+/m0/s1. The number of carbonyl (C=O) groups excluding carboxylic acids is 3. The SMILES string of the molecule is CC(C)n1c(O[C@@H]2C[C@H]3C(=O)C[C@]4(C(=O)NS(=O)(=O)C5(C)CC5)C[C@@H]4/C=C\CCCCC[C@H](N)C(=O)N3C2)nc2c(-c3nc(C4CCCC4)cs3)cccc21. The minimum atomic E-state index is -3.90. The molecule has 4 heterocycles. The highest BCUT2D eigenvalue weighted by molar-refractivity contribution is 7.91. The number of imidazole rings is 1. The lowest BCUT2D eigenvalue weighted by atomic mass is 9.91. The van der Waals surface area contributed by atoms with E-state index < -0.39 is 44.3 Å². The van der Waals surface area contributed by atoms with Crippen LogP contribution in [0.4, 0.5) is 0 Å². The number of Topliss-reactive ketones (excluding diaryl/α,β-unsaturated/α-hetero) is 1. The van der Waals surface area contributed by atoms with E-state index in [9.17, 15) is 22.8 Å². The van der Waals surface area contributed by atoms with Gasteiger partial charge in [0.05, 0.1) is 40.0 Å². The molecule has 4 fully saturated rings. The van der Waals surface area contributed by atoms with Crippen molar-refractivity contribution in [2.75, 3.05) is 6.54 Å². The molecule has 3 N–H and O–H groups in total. The predicted molar refractivity (Wildman–Crippen MR) is 212 cm³/mol. The summed E-state index contributed by atoms with van der Waals surface area (Å²) in [4.78, 5) is 54.0. The van der Waals surface area contributed by atoms with Crippen molar-refractivity contribution in [3.8, 4) is 16.6 Å². The number of nitrogens with two attached hydrogens (primary N) is 1. The first-order valence-electron chi connectivity index (χ1n) is 20.3. The Bertz CT molecular complexity index is 2110. The highest BCUT2D eigenvalue weighted by Crippen LogP contribution is 2.57. The average molecular weight is 791 g/mol. The fourth-order valence-corrected chi connectivity index (χ4v) is 11.3. The zero-order chi connectivity index (χ0) is 38.7. The Morgan fingerprint density at radius 2 is 1.84 bits per heavy atom. The van der Waals surface area contributed by atoms with Crippen molar-refractivity contribution in [1.82, 2.24) is 24.2 Å². The van der Waals surface area contributed by atoms with Crippen LogP contribution in [0.2, 0.25) is 0 Å². The number of fused-ring (bicyclic) bond motifs is 3. The number of thiazole rings is 1. The molecule has 5 aliphatic rings. The molecule has 296 valence electrons. The number of sulfonamides is 1. The van der Waals surface area contributed by atoms with E-state index in [-0.39, 0.29) is 43.0 Å². The van der Waals surface area contributed by atoms with Crippen LogP contribution in [0, 0.1) is 11.3 Å². The van der Waals surface area contributed by atoms with Crippen molar-refractivity contribution >= 4 is 50.0 Å². The number of nitrogens with zero attached hydrogens (tertiary/aromatic N) is 4. The van der Waals surface area contributed by atoms with Crippen LogP contribution in [0.25, 0.3) is 21.6 Å². The number of hydrogen-bond acceptors (Lipinski definition) is 10. The molecule has 0 bridgehead atoms. The summed E-state index contributed by atoms with van der Waals surface area (Å²) in [5.41, 5.74) is 9.11. The minimum absolute atomic E-state index is 0.00320. The van der Waals surface area contributed by atoms with Gasteiger partial charge in [-0.15, -0.1) is 11.3 Å². The van der Waals surface area contributed by atoms with E-state index in [4.69, 9.17) is 20.4 Å². The fourth-order valence-electron chi connectivity index (χ4n) is 9.00. The maximum Gasteiger partial charge on any atom is 0.297 e. The topological polar surface area (TPSA) is 167 Å². The van der Waals surface area contributed by atoms with Gasteiger partial charge in [0.1, 0.15) is 16.6 Å². The number of hydrogen-bond donors (Lipinski definition) is 2. The molecule has 12 nitrogen and oxygen atoms in total. The van der Waals surface area contributed by atoms with Crippen LogP contribution in [0.15, 0.2) is 35.7 Å². The summed E-state index contributed by atoms with van der Waals surface area (Å²) in [5.74, 6) is -0.991. The average Bonchev–Trinajstić information content (AvgIpc) is 3.65. The van der Waals surface area contributed by atoms with Crippen molar-refractivity contribution in [2.45, 2.75) is 146 Å². The van der Waals surface area contributed by atoms with Crippen LogP contribution < -0.4 is 15.2 Å². The number of benzene rings is 1. The smallest absolute Gasteiger partial charge is 0.297 e. The molecule has 2 aliphatic heterocycles. The van der Waals surface area contributed by atoms with Gasteiger partial charge in [0.2, 0.25) is 21.8 Å². The molecular formula is C41H54N6O6S2. The number of ether oxygens (including phenoxy) is 1. The van der Waals surface area contributed by atoms with E-state index >= 15 is 0 Å². The van der Waals surface area contributed by atoms with Gasteiger partial charge >= 0.3 is 0 Å². The van der Waals surface area contributed by atoms with Crippen molar-refractivity contribution in [3.63, 3.8) is 0 Å². The number of rotatable bonds is 8. The van der Waals surface area contributed by atoms with Crippen molar-refractivity contribution < 1.29 is 27.5 Å². The molecule has 2 aromatic heterocycles. The molecule has 3 saturated carbocycles. The summed E-state index contributed by atoms with van der Waals surface area (Å²) in [5, 5.41) is 3.11. The summed E-state index contributed by atoms with van der Waals surface area (Å²) in [6.07, 6.45) is 13.5. The lowest BCUT2D eigenvalue weighted by molar-refractivity contribution is -0.140. The van der Waals surface area contributed by atoms with Gasteiger partial charge in [-0.05, 0) is 90.2 Å². The van der Waals surface area contributed by atoms with E-state index in [1.165, 1.54) is 25.7 Å². The van der Waals surface area contributed by atoms with Crippen molar-refractivity contribution in [2.24, 2.45) is 17.1 Å². The third-order valence-electron chi connectivity index (χ3n) is 12.9. The molecular weight excluding hydrogens is 737 g/mol. The quantitative estimate of drug-likeness (QED) is 0.241. The Morgan fingerprint density at radius 3 is 2.58 bits per heavy atom. The van der Waals surface area contributed by atoms with Gasteiger partial charge in [-0.25, -0.2) is 13.4 Å². The van der Waals surface area contributed by atoms with Gasteiger partial charge in [-0.3, -0.25) is 23.7 Å². The maximum absolute atomic E-state index is 14.4. The lowest BCUT2D eigenvalue weighted by Gasteiger charge is -2.27. The number of carbonyl (C=O) groups is 3. The van der Waals surface area contributed by atoms with Crippen LogP contribution in [-0.4, -0.2) is 74.9 Å². The highest BCUT2D eigenvalue weighted by atomic mass is 32.2. The highest BCUT2D eigenvalue weighted by Gasteiger charge is 2.62. The monoisotopic (exact) mass is 790 g/mol. The molecule has 0 unspecified atom stereocenters. The molecule has 0 radical (unpaired) electrons. The van der Waals surface area contributed by atoms with Crippen molar-refractivity contribution in [1.29, 1.82) is 0 Å². The molecule has 5 atom stereocenters. The Kier molecular flexibility index (Phi) is 10.2. The first-order valence-corrected chi connectivity index (χ1v) is 22.6. The van der Waals surface area contributed by atoms with Gasteiger partial charge in [0, 0.05) is 35.7 Å². The van der Waals surface area contributed by atoms with Crippen LogP contribution in [0.5, 0.6) is 6.01 Å². The maximum atomic E-state index is 14.4. The molecule has 1 aromatic carbocycles. The van der Waals surface area contributed by atoms with E-state index in [0.717, 1.165) is 53.0 Å². The van der Waals surface area contributed by atoms with Gasteiger partial charge in [-0.1, -0.05) is 43.9 Å². The van der Waals surface area contributed by atoms with Crippen LogP contribution in [0.1, 0.15) is 128 Å². The summed E-state index contributed by atoms with van der Waals surface area (Å²) in [6, 6.07) is 4.85. The second-order valence-corrected chi connectivity index (χ2v) is 20.3. The van der Waals surface area contributed by atoms with Gasteiger partial charge in [0.25, 0.3) is 6.01 Å². The largest absolute Gasteiger partial charge is 0.459 e. The second kappa shape index (κ2) is 14.7. The Labute approximate surface area is 327 Å². The summed E-state index contributed by atoms with van der Waals surface area (Å²) in [6.45, 7) is 5.92. The summed E-state index contributed by atoms with van der Waals surface area (Å²) >= 11 is 1.64. The van der Waals surface area contributed by atoms with E-state index in [0.29, 0.717) is 37.6 Å². The molecule has 14 heteroatoms. The van der Waals surface area contributed by atoms with Crippen LogP contribution >= 0.6 is 11.3 Å². The Hall–Kier alpha value is -3.62. The fraction of sp³-hybridized carbons (Fsp3) is 0.634. The molecule has 2 amide bonds. The van der Waals surface area contributed by atoms with Gasteiger partial charge in [-0.2, -0.15) is 4.98 Å². The third kappa shape index (κ3) is 7.27. The lowest BCUT2D eigenvalue weighted by Crippen LogP contribution is -2.50. The molecule has 3 aliphatic carbocycles. The predicted octanol–water partition coefficient (Wildman–Crippen LogP) is 6.56. The molecule has 3 aromatic rings. The first kappa shape index (κ1) is 38.3. The van der Waals surface area contributed by atoms with E-state index in [2.05, 4.69) is 34.6 Å². The van der Waals surface area contributed by atoms with Gasteiger partial charge < -0.3 is 15.4 Å². The molecule has 1 saturated heterocycles.